The van der Waals surface area contributed by atoms with E-state index in [1.54, 1.807) is 0 Å². The molecule has 6 aromatic rings. The van der Waals surface area contributed by atoms with Crippen LogP contribution in [0.1, 0.15) is 27.7 Å². The first-order valence-corrected chi connectivity index (χ1v) is 14.2. The Morgan fingerprint density at radius 2 is 0.925 bits per heavy atom. The van der Waals surface area contributed by atoms with Crippen molar-refractivity contribution in [2.24, 2.45) is 0 Å². The number of rotatable bonds is 4. The molecule has 7 rings (SSSR count). The van der Waals surface area contributed by atoms with Gasteiger partial charge in [0.2, 0.25) is 0 Å². The summed E-state index contributed by atoms with van der Waals surface area (Å²) in [5.41, 5.74) is 8.52. The summed E-state index contributed by atoms with van der Waals surface area (Å²) < 4.78 is 6.75. The Bertz CT molecular complexity index is 1860. The third kappa shape index (κ3) is 3.82. The van der Waals surface area contributed by atoms with Crippen LogP contribution in [-0.2, 0) is 4.65 Å². The van der Waals surface area contributed by atoms with E-state index in [-0.39, 0.29) is 17.8 Å². The second kappa shape index (κ2) is 9.22. The van der Waals surface area contributed by atoms with Gasteiger partial charge in [0.15, 0.2) is 0 Å². The molecule has 0 unspecified atom stereocenters. The minimum atomic E-state index is -0.199. The zero-order valence-corrected chi connectivity index (χ0v) is 23.6. The quantitative estimate of drug-likeness (QED) is 0.167. The molecule has 0 aromatic heterocycles. The molecule has 2 heteroatoms. The van der Waals surface area contributed by atoms with Crippen molar-refractivity contribution in [1.82, 2.24) is 0 Å². The molecule has 1 aliphatic rings. The van der Waals surface area contributed by atoms with E-state index in [0.29, 0.717) is 0 Å². The molecular formula is C38H33BO. The van der Waals surface area contributed by atoms with E-state index in [2.05, 4.69) is 155 Å². The van der Waals surface area contributed by atoms with E-state index >= 15 is 0 Å². The Balaban J connectivity index is 1.61. The molecule has 40 heavy (non-hydrogen) atoms. The SMILES string of the molecule is CC1(C)OB(c2c3cc(-c4ccccc4)ccc3c(-c3ccccc3)c3cc(-c4ccccc4)ccc23)C1(C)C. The van der Waals surface area contributed by atoms with Crippen LogP contribution in [-0.4, -0.2) is 12.5 Å². The molecule has 1 aliphatic heterocycles. The van der Waals surface area contributed by atoms with Crippen LogP contribution in [0.4, 0.5) is 0 Å². The molecule has 194 valence electrons. The minimum Gasteiger partial charge on any atom is -0.425 e. The Kier molecular flexibility index (Phi) is 5.73. The summed E-state index contributed by atoms with van der Waals surface area (Å²) in [6.07, 6.45) is 0. The third-order valence-electron chi connectivity index (χ3n) is 9.32. The van der Waals surface area contributed by atoms with Gasteiger partial charge in [-0.05, 0) is 86.4 Å². The van der Waals surface area contributed by atoms with E-state index in [1.807, 2.05) is 0 Å². The second-order valence-electron chi connectivity index (χ2n) is 12.1. The van der Waals surface area contributed by atoms with Crippen molar-refractivity contribution in [1.29, 1.82) is 0 Å². The maximum atomic E-state index is 6.75. The van der Waals surface area contributed by atoms with Crippen molar-refractivity contribution >= 4 is 33.9 Å². The molecule has 0 amide bonds. The van der Waals surface area contributed by atoms with Gasteiger partial charge in [-0.1, -0.05) is 129 Å². The topological polar surface area (TPSA) is 9.23 Å². The summed E-state index contributed by atoms with van der Waals surface area (Å²) in [7, 11) is 0. The minimum absolute atomic E-state index is 0.00841. The highest BCUT2D eigenvalue weighted by molar-refractivity contribution is 6.78. The maximum Gasteiger partial charge on any atom is 0.337 e. The summed E-state index contributed by atoms with van der Waals surface area (Å²) in [6, 6.07) is 46.2. The van der Waals surface area contributed by atoms with Crippen LogP contribution >= 0.6 is 0 Å². The molecule has 1 fully saturated rings. The van der Waals surface area contributed by atoms with Crippen molar-refractivity contribution in [3.8, 4) is 33.4 Å². The molecule has 0 saturated carbocycles. The monoisotopic (exact) mass is 516 g/mol. The lowest BCUT2D eigenvalue weighted by atomic mass is 9.32. The van der Waals surface area contributed by atoms with Crippen molar-refractivity contribution in [3.63, 3.8) is 0 Å². The molecule has 0 radical (unpaired) electrons. The summed E-state index contributed by atoms with van der Waals surface area (Å²) >= 11 is 0. The van der Waals surface area contributed by atoms with E-state index in [4.69, 9.17) is 4.65 Å². The first-order chi connectivity index (χ1) is 19.3. The number of benzene rings is 6. The molecule has 1 heterocycles. The average Bonchev–Trinajstić information content (AvgIpc) is 2.99. The molecule has 0 spiro atoms. The summed E-state index contributed by atoms with van der Waals surface area (Å²) in [5, 5.41) is 5.05. The molecule has 0 bridgehead atoms. The van der Waals surface area contributed by atoms with Crippen molar-refractivity contribution < 1.29 is 4.65 Å². The van der Waals surface area contributed by atoms with Crippen LogP contribution in [0.25, 0.3) is 54.9 Å². The van der Waals surface area contributed by atoms with Gasteiger partial charge in [0, 0.05) is 10.9 Å². The Hall–Kier alpha value is -4.14. The van der Waals surface area contributed by atoms with Gasteiger partial charge in [-0.3, -0.25) is 0 Å². The van der Waals surface area contributed by atoms with Crippen LogP contribution < -0.4 is 5.46 Å². The summed E-state index contributed by atoms with van der Waals surface area (Å²) in [6.45, 7) is 9.13. The zero-order valence-electron chi connectivity index (χ0n) is 23.6. The molecule has 1 saturated heterocycles. The predicted octanol–water partition coefficient (Wildman–Crippen LogP) is 9.78. The van der Waals surface area contributed by atoms with Gasteiger partial charge >= 0.3 is 6.92 Å². The van der Waals surface area contributed by atoms with Gasteiger partial charge in [0.05, 0.1) is 0 Å². The van der Waals surface area contributed by atoms with E-state index in [0.717, 1.165) is 0 Å². The molecule has 0 N–H and O–H groups in total. The Morgan fingerprint density at radius 3 is 1.43 bits per heavy atom. The van der Waals surface area contributed by atoms with Crippen LogP contribution in [0.5, 0.6) is 0 Å². The average molecular weight is 516 g/mol. The molecule has 6 aromatic carbocycles. The standard InChI is InChI=1S/C38H33BO/c1-37(2)38(3,4)40-39(37)36-32-23-21-29(26-14-8-5-9-15-26)24-33(32)35(28-18-12-7-13-19-28)31-22-20-30(25-34(31)36)27-16-10-6-11-17-27/h5-25H,1-4H3. The number of hydrogen-bond donors (Lipinski definition) is 0. The summed E-state index contributed by atoms with van der Waals surface area (Å²) in [5.74, 6) is 0. The molecular weight excluding hydrogens is 483 g/mol. The van der Waals surface area contributed by atoms with E-state index in [1.165, 1.54) is 60.4 Å². The van der Waals surface area contributed by atoms with Gasteiger partial charge in [-0.25, -0.2) is 0 Å². The lowest BCUT2D eigenvalue weighted by Gasteiger charge is -2.57. The van der Waals surface area contributed by atoms with Crippen LogP contribution in [0.2, 0.25) is 5.31 Å². The highest BCUT2D eigenvalue weighted by Gasteiger charge is 2.60. The van der Waals surface area contributed by atoms with Gasteiger partial charge in [-0.15, -0.1) is 0 Å². The summed E-state index contributed by atoms with van der Waals surface area (Å²) in [4.78, 5) is 0. The van der Waals surface area contributed by atoms with Gasteiger partial charge < -0.3 is 4.65 Å². The van der Waals surface area contributed by atoms with Gasteiger partial charge in [-0.2, -0.15) is 0 Å². The lowest BCUT2D eigenvalue weighted by Crippen LogP contribution is -2.66. The highest BCUT2D eigenvalue weighted by atomic mass is 16.5. The van der Waals surface area contributed by atoms with E-state index in [9.17, 15) is 0 Å². The predicted molar refractivity (Wildman–Crippen MR) is 172 cm³/mol. The van der Waals surface area contributed by atoms with Crippen molar-refractivity contribution in [2.75, 3.05) is 0 Å². The third-order valence-corrected chi connectivity index (χ3v) is 9.32. The largest absolute Gasteiger partial charge is 0.425 e. The second-order valence-corrected chi connectivity index (χ2v) is 12.1. The van der Waals surface area contributed by atoms with Crippen molar-refractivity contribution in [3.05, 3.63) is 127 Å². The van der Waals surface area contributed by atoms with Crippen molar-refractivity contribution in [2.45, 2.75) is 38.6 Å². The molecule has 0 atom stereocenters. The molecule has 0 aliphatic carbocycles. The Morgan fingerprint density at radius 1 is 0.450 bits per heavy atom. The van der Waals surface area contributed by atoms with Crippen LogP contribution in [0, 0.1) is 0 Å². The first-order valence-electron chi connectivity index (χ1n) is 14.2. The normalized spacial score (nSPS) is 15.8. The zero-order chi connectivity index (χ0) is 27.5. The first kappa shape index (κ1) is 24.9. The Labute approximate surface area is 237 Å². The lowest BCUT2D eigenvalue weighted by molar-refractivity contribution is -0.00916. The van der Waals surface area contributed by atoms with Gasteiger partial charge in [0.25, 0.3) is 0 Å². The highest BCUT2D eigenvalue weighted by Crippen LogP contribution is 2.54. The number of fused-ring (bicyclic) bond motifs is 2. The molecule has 1 nitrogen and oxygen atoms in total. The van der Waals surface area contributed by atoms with Crippen LogP contribution in [0.15, 0.2) is 127 Å². The van der Waals surface area contributed by atoms with E-state index < -0.39 is 0 Å². The fourth-order valence-electron chi connectivity index (χ4n) is 6.35. The smallest absolute Gasteiger partial charge is 0.337 e. The fourth-order valence-corrected chi connectivity index (χ4v) is 6.35. The van der Waals surface area contributed by atoms with Gasteiger partial charge in [0.1, 0.15) is 0 Å². The number of hydrogen-bond acceptors (Lipinski definition) is 1. The maximum absolute atomic E-state index is 6.75. The van der Waals surface area contributed by atoms with Crippen LogP contribution in [0.3, 0.4) is 0 Å². The fraction of sp³-hybridized carbons (Fsp3) is 0.158.